The van der Waals surface area contributed by atoms with Crippen molar-refractivity contribution >= 4 is 22.9 Å². The Bertz CT molecular complexity index is 718. The van der Waals surface area contributed by atoms with Gasteiger partial charge in [-0.3, -0.25) is 4.79 Å². The molecule has 1 saturated carbocycles. The van der Waals surface area contributed by atoms with E-state index in [1.165, 1.54) is 49.9 Å². The number of nitrogens with one attached hydrogen (secondary N) is 2. The fourth-order valence-corrected chi connectivity index (χ4v) is 4.59. The van der Waals surface area contributed by atoms with Crippen LogP contribution in [-0.4, -0.2) is 11.9 Å². The summed E-state index contributed by atoms with van der Waals surface area (Å²) >= 11 is 1.53. The summed E-state index contributed by atoms with van der Waals surface area (Å²) in [7, 11) is 0. The highest BCUT2D eigenvalue weighted by molar-refractivity contribution is 7.14. The maximum atomic E-state index is 12.5. The van der Waals surface area contributed by atoms with Gasteiger partial charge < -0.3 is 10.6 Å². The molecular formula is C22H30N2OS. The van der Waals surface area contributed by atoms with Gasteiger partial charge in [0.05, 0.1) is 4.88 Å². The van der Waals surface area contributed by atoms with Crippen LogP contribution in [0, 0.1) is 12.8 Å². The minimum atomic E-state index is -0.0224. The number of amides is 1. The molecule has 3 nitrogen and oxygen atoms in total. The molecule has 1 heterocycles. The summed E-state index contributed by atoms with van der Waals surface area (Å²) in [6.07, 6.45) is 8.23. The molecule has 1 aliphatic rings. The number of benzene rings is 1. The Morgan fingerprint density at radius 1 is 1.15 bits per heavy atom. The molecule has 0 aliphatic heterocycles. The average molecular weight is 371 g/mol. The quantitative estimate of drug-likeness (QED) is 0.651. The van der Waals surface area contributed by atoms with Gasteiger partial charge in [-0.05, 0) is 49.9 Å². The van der Waals surface area contributed by atoms with Gasteiger partial charge in [0.25, 0.3) is 5.91 Å². The van der Waals surface area contributed by atoms with E-state index in [1.54, 1.807) is 0 Å². The predicted molar refractivity (Wildman–Crippen MR) is 111 cm³/mol. The maximum Gasteiger partial charge on any atom is 0.265 e. The summed E-state index contributed by atoms with van der Waals surface area (Å²) in [5.41, 5.74) is 2.05. The maximum absolute atomic E-state index is 12.5. The van der Waals surface area contributed by atoms with Gasteiger partial charge in [0.1, 0.15) is 0 Å². The number of para-hydroxylation sites is 1. The number of aryl methyl sites for hydroxylation is 1. The van der Waals surface area contributed by atoms with E-state index in [0.29, 0.717) is 6.04 Å². The largest absolute Gasteiger partial charge is 0.321 e. The van der Waals surface area contributed by atoms with Crippen LogP contribution in [0.4, 0.5) is 5.69 Å². The lowest BCUT2D eigenvalue weighted by Crippen LogP contribution is -2.29. The van der Waals surface area contributed by atoms with Crippen LogP contribution in [0.1, 0.15) is 65.6 Å². The van der Waals surface area contributed by atoms with Crippen molar-refractivity contribution in [1.29, 1.82) is 0 Å². The molecule has 0 spiro atoms. The molecule has 1 aliphatic carbocycles. The van der Waals surface area contributed by atoms with Gasteiger partial charge in [0.2, 0.25) is 0 Å². The minimum Gasteiger partial charge on any atom is -0.321 e. The van der Waals surface area contributed by atoms with E-state index in [9.17, 15) is 4.79 Å². The SMILES string of the molecule is Cc1ccc(C(=O)Nc2ccccc2CN[C@@H](C)CC2CCCCC2)s1. The van der Waals surface area contributed by atoms with Crippen LogP contribution < -0.4 is 10.6 Å². The van der Waals surface area contributed by atoms with Crippen LogP contribution in [0.2, 0.25) is 0 Å². The molecule has 140 valence electrons. The van der Waals surface area contributed by atoms with E-state index < -0.39 is 0 Å². The molecule has 0 unspecified atom stereocenters. The van der Waals surface area contributed by atoms with Crippen molar-refractivity contribution in [2.24, 2.45) is 5.92 Å². The first-order chi connectivity index (χ1) is 12.6. The summed E-state index contributed by atoms with van der Waals surface area (Å²) in [4.78, 5) is 14.4. The summed E-state index contributed by atoms with van der Waals surface area (Å²) < 4.78 is 0. The van der Waals surface area contributed by atoms with Crippen LogP contribution in [-0.2, 0) is 6.54 Å². The van der Waals surface area contributed by atoms with Crippen molar-refractivity contribution in [3.05, 3.63) is 51.7 Å². The number of anilines is 1. The molecule has 4 heteroatoms. The van der Waals surface area contributed by atoms with Gasteiger partial charge >= 0.3 is 0 Å². The van der Waals surface area contributed by atoms with E-state index in [0.717, 1.165) is 33.5 Å². The van der Waals surface area contributed by atoms with E-state index in [-0.39, 0.29) is 5.91 Å². The van der Waals surface area contributed by atoms with Crippen LogP contribution >= 0.6 is 11.3 Å². The predicted octanol–water partition coefficient (Wildman–Crippen LogP) is 5.76. The molecule has 2 aromatic rings. The van der Waals surface area contributed by atoms with Crippen molar-refractivity contribution in [2.45, 2.75) is 65.0 Å². The van der Waals surface area contributed by atoms with Crippen LogP contribution in [0.15, 0.2) is 36.4 Å². The van der Waals surface area contributed by atoms with Crippen molar-refractivity contribution in [2.75, 3.05) is 5.32 Å². The van der Waals surface area contributed by atoms with E-state index in [4.69, 9.17) is 0 Å². The molecule has 1 atom stereocenters. The number of thiophene rings is 1. The van der Waals surface area contributed by atoms with Gasteiger partial charge in [0.15, 0.2) is 0 Å². The molecule has 0 saturated heterocycles. The normalized spacial score (nSPS) is 16.4. The summed E-state index contributed by atoms with van der Waals surface area (Å²) in [6.45, 7) is 5.09. The monoisotopic (exact) mass is 370 g/mol. The molecule has 3 rings (SSSR count). The zero-order valence-corrected chi connectivity index (χ0v) is 16.7. The van der Waals surface area contributed by atoms with Crippen molar-refractivity contribution in [3.63, 3.8) is 0 Å². The Balaban J connectivity index is 1.55. The zero-order chi connectivity index (χ0) is 18.4. The number of hydrogen-bond acceptors (Lipinski definition) is 3. The van der Waals surface area contributed by atoms with Gasteiger partial charge in [-0.25, -0.2) is 0 Å². The molecule has 1 amide bonds. The van der Waals surface area contributed by atoms with Crippen molar-refractivity contribution < 1.29 is 4.79 Å². The molecule has 1 aromatic heterocycles. The van der Waals surface area contributed by atoms with Crippen LogP contribution in [0.5, 0.6) is 0 Å². The van der Waals surface area contributed by atoms with E-state index in [2.05, 4.69) is 23.6 Å². The van der Waals surface area contributed by atoms with Gasteiger partial charge in [-0.15, -0.1) is 11.3 Å². The highest BCUT2D eigenvalue weighted by Crippen LogP contribution is 2.27. The average Bonchev–Trinajstić information content (AvgIpc) is 3.08. The molecular weight excluding hydrogens is 340 g/mol. The molecule has 1 aromatic carbocycles. The second-order valence-corrected chi connectivity index (χ2v) is 8.83. The third-order valence-corrected chi connectivity index (χ3v) is 6.28. The van der Waals surface area contributed by atoms with E-state index in [1.807, 2.05) is 37.3 Å². The topological polar surface area (TPSA) is 41.1 Å². The van der Waals surface area contributed by atoms with Gasteiger partial charge in [-0.2, -0.15) is 0 Å². The lowest BCUT2D eigenvalue weighted by atomic mass is 9.85. The number of carbonyl (C=O) groups excluding carboxylic acids is 1. The second-order valence-electron chi connectivity index (χ2n) is 7.54. The third kappa shape index (κ3) is 5.42. The van der Waals surface area contributed by atoms with Gasteiger partial charge in [0, 0.05) is 23.2 Å². The number of rotatable bonds is 7. The second kappa shape index (κ2) is 9.33. The fraction of sp³-hybridized carbons (Fsp3) is 0.500. The molecule has 0 bridgehead atoms. The smallest absolute Gasteiger partial charge is 0.265 e. The van der Waals surface area contributed by atoms with Crippen molar-refractivity contribution in [1.82, 2.24) is 5.32 Å². The zero-order valence-electron chi connectivity index (χ0n) is 15.9. The third-order valence-electron chi connectivity index (χ3n) is 5.28. The molecule has 26 heavy (non-hydrogen) atoms. The minimum absolute atomic E-state index is 0.0224. The molecule has 1 fully saturated rings. The van der Waals surface area contributed by atoms with Crippen LogP contribution in [0.25, 0.3) is 0 Å². The first-order valence-corrected chi connectivity index (χ1v) is 10.6. The Morgan fingerprint density at radius 2 is 1.92 bits per heavy atom. The first-order valence-electron chi connectivity index (χ1n) is 9.81. The van der Waals surface area contributed by atoms with Crippen molar-refractivity contribution in [3.8, 4) is 0 Å². The lowest BCUT2D eigenvalue weighted by Gasteiger charge is -2.25. The standard InChI is InChI=1S/C22H30N2OS/c1-16(14-18-8-4-3-5-9-18)23-15-19-10-6-7-11-20(19)24-22(25)21-13-12-17(2)26-21/h6-7,10-13,16,18,23H,3-5,8-9,14-15H2,1-2H3,(H,24,25)/t16-/m0/s1. The van der Waals surface area contributed by atoms with E-state index >= 15 is 0 Å². The number of carbonyl (C=O) groups is 1. The summed E-state index contributed by atoms with van der Waals surface area (Å²) in [5, 5.41) is 6.73. The number of hydrogen-bond donors (Lipinski definition) is 2. The molecule has 0 radical (unpaired) electrons. The summed E-state index contributed by atoms with van der Waals surface area (Å²) in [5.74, 6) is 0.856. The van der Waals surface area contributed by atoms with Gasteiger partial charge in [-0.1, -0.05) is 50.3 Å². The molecule has 2 N–H and O–H groups in total. The van der Waals surface area contributed by atoms with Crippen LogP contribution in [0.3, 0.4) is 0 Å². The summed E-state index contributed by atoms with van der Waals surface area (Å²) in [6, 6.07) is 12.5. The Labute approximate surface area is 161 Å². The lowest BCUT2D eigenvalue weighted by molar-refractivity contribution is 0.103. The fourth-order valence-electron chi connectivity index (χ4n) is 3.83. The Morgan fingerprint density at radius 3 is 2.65 bits per heavy atom. The Hall–Kier alpha value is -1.65. The highest BCUT2D eigenvalue weighted by atomic mass is 32.1. The first kappa shape index (κ1) is 19.1. The highest BCUT2D eigenvalue weighted by Gasteiger charge is 2.17. The Kier molecular flexibility index (Phi) is 6.86.